The van der Waals surface area contributed by atoms with Crippen molar-refractivity contribution < 1.29 is 19.4 Å². The number of aliphatic hydroxyl groups excluding tert-OH is 1. The van der Waals surface area contributed by atoms with Crippen LogP contribution in [0, 0.1) is 5.92 Å². The third-order valence-electron chi connectivity index (χ3n) is 9.16. The molecule has 3 atom stereocenters. The Labute approximate surface area is 259 Å². The number of likely N-dealkylation sites (tertiary alicyclic amines) is 1. The molecule has 2 aliphatic heterocycles. The lowest BCUT2D eigenvalue weighted by Crippen LogP contribution is -2.48. The quantitative estimate of drug-likeness (QED) is 0.305. The van der Waals surface area contributed by atoms with Crippen LogP contribution in [0.1, 0.15) is 75.9 Å². The van der Waals surface area contributed by atoms with E-state index in [4.69, 9.17) is 32.7 Å². The van der Waals surface area contributed by atoms with Crippen molar-refractivity contribution in [3.8, 4) is 11.5 Å². The fourth-order valence-corrected chi connectivity index (χ4v) is 6.91. The number of amides is 1. The van der Waals surface area contributed by atoms with Gasteiger partial charge in [-0.1, -0.05) is 35.7 Å². The molecule has 2 aliphatic carbocycles. The van der Waals surface area contributed by atoms with E-state index in [1.54, 1.807) is 6.07 Å². The molecule has 1 amide bonds. The van der Waals surface area contributed by atoms with Crippen molar-refractivity contribution in [2.75, 3.05) is 37.6 Å². The Balaban J connectivity index is 1.10. The molecule has 0 spiro atoms. The van der Waals surface area contributed by atoms with Gasteiger partial charge in [-0.3, -0.25) is 4.79 Å². The van der Waals surface area contributed by atoms with Gasteiger partial charge in [0.2, 0.25) is 5.91 Å². The summed E-state index contributed by atoms with van der Waals surface area (Å²) in [5, 5.41) is 15.8. The predicted octanol–water partition coefficient (Wildman–Crippen LogP) is 6.39. The Bertz CT molecular complexity index is 1230. The maximum atomic E-state index is 13.6. The maximum absolute atomic E-state index is 13.6. The summed E-state index contributed by atoms with van der Waals surface area (Å²) in [6, 6.07) is 11.0. The van der Waals surface area contributed by atoms with Crippen LogP contribution in [0.25, 0.3) is 0 Å². The number of carbonyl (C=O) groups is 1. The molecule has 2 aromatic rings. The first kappa shape index (κ1) is 29.9. The normalized spacial score (nSPS) is 23.1. The number of nitrogens with one attached hydrogen (secondary N) is 1. The van der Waals surface area contributed by atoms with Crippen LogP contribution in [0.15, 0.2) is 36.4 Å². The van der Waals surface area contributed by atoms with Crippen molar-refractivity contribution in [1.29, 1.82) is 0 Å². The van der Waals surface area contributed by atoms with Gasteiger partial charge < -0.3 is 29.7 Å². The Morgan fingerprint density at radius 1 is 0.857 bits per heavy atom. The lowest BCUT2D eigenvalue weighted by Gasteiger charge is -2.30. The van der Waals surface area contributed by atoms with E-state index < -0.39 is 12.1 Å². The number of benzene rings is 2. The molecule has 2 saturated heterocycles. The lowest BCUT2D eigenvalue weighted by molar-refractivity contribution is -0.126. The third-order valence-corrected chi connectivity index (χ3v) is 9.77. The summed E-state index contributed by atoms with van der Waals surface area (Å²) < 4.78 is 12.2. The first-order valence-electron chi connectivity index (χ1n) is 15.8. The van der Waals surface area contributed by atoms with Crippen LogP contribution in [0.2, 0.25) is 10.0 Å². The zero-order chi connectivity index (χ0) is 29.1. The van der Waals surface area contributed by atoms with Crippen molar-refractivity contribution in [3.63, 3.8) is 0 Å². The van der Waals surface area contributed by atoms with E-state index in [2.05, 4.69) is 15.1 Å². The highest BCUT2D eigenvalue weighted by Crippen LogP contribution is 2.36. The van der Waals surface area contributed by atoms with Crippen molar-refractivity contribution in [3.05, 3.63) is 52.0 Å². The molecule has 2 aromatic carbocycles. The smallest absolute Gasteiger partial charge is 0.225 e. The molecular weight excluding hydrogens is 573 g/mol. The minimum atomic E-state index is -0.879. The minimum absolute atomic E-state index is 0.0202. The van der Waals surface area contributed by atoms with Crippen LogP contribution < -0.4 is 19.7 Å². The highest BCUT2D eigenvalue weighted by molar-refractivity contribution is 6.32. The number of anilines is 1. The van der Waals surface area contributed by atoms with E-state index >= 15 is 0 Å². The van der Waals surface area contributed by atoms with Gasteiger partial charge in [-0.15, -0.1) is 0 Å². The lowest BCUT2D eigenvalue weighted by atomic mass is 9.98. The van der Waals surface area contributed by atoms with Crippen LogP contribution >= 0.6 is 23.2 Å². The summed E-state index contributed by atoms with van der Waals surface area (Å²) in [4.78, 5) is 18.2. The third kappa shape index (κ3) is 7.47. The molecule has 0 aromatic heterocycles. The van der Waals surface area contributed by atoms with Gasteiger partial charge in [0, 0.05) is 31.4 Å². The van der Waals surface area contributed by atoms with Gasteiger partial charge in [-0.25, -0.2) is 0 Å². The van der Waals surface area contributed by atoms with Crippen LogP contribution in [0.4, 0.5) is 5.69 Å². The molecule has 4 aliphatic rings. The predicted molar refractivity (Wildman–Crippen MR) is 167 cm³/mol. The summed E-state index contributed by atoms with van der Waals surface area (Å²) in [5.74, 6) is 1.19. The minimum Gasteiger partial charge on any atom is -0.489 e. The summed E-state index contributed by atoms with van der Waals surface area (Å²) in [7, 11) is 0. The van der Waals surface area contributed by atoms with Crippen molar-refractivity contribution in [2.45, 2.75) is 88.6 Å². The number of hydrogen-bond acceptors (Lipinski definition) is 6. The fraction of sp³-hybridized carbons (Fsp3) is 0.606. The number of nitrogens with zero attached hydrogens (tertiary/aromatic N) is 2. The molecule has 4 fully saturated rings. The summed E-state index contributed by atoms with van der Waals surface area (Å²) >= 11 is 13.0. The van der Waals surface area contributed by atoms with Gasteiger partial charge in [-0.05, 0) is 101 Å². The van der Waals surface area contributed by atoms with E-state index in [0.29, 0.717) is 34.4 Å². The SMILES string of the molecule is O=C(NC(CN1CCCC1)C(O)c1ccc(OC2CC2)c(Cl)c1)C1CCN(c2ccc(Cl)c(OC3CCCCC3)c2)C1. The van der Waals surface area contributed by atoms with Gasteiger partial charge in [0.1, 0.15) is 17.6 Å². The van der Waals surface area contributed by atoms with E-state index in [1.807, 2.05) is 30.3 Å². The molecular formula is C33H43Cl2N3O4. The van der Waals surface area contributed by atoms with Gasteiger partial charge in [0.05, 0.1) is 34.2 Å². The van der Waals surface area contributed by atoms with Gasteiger partial charge in [-0.2, -0.15) is 0 Å². The fourth-order valence-electron chi connectivity index (χ4n) is 6.51. The van der Waals surface area contributed by atoms with E-state index in [0.717, 1.165) is 76.0 Å². The van der Waals surface area contributed by atoms with Crippen LogP contribution in [0.5, 0.6) is 11.5 Å². The second kappa shape index (κ2) is 13.6. The Hall–Kier alpha value is -2.19. The molecule has 3 unspecified atom stereocenters. The molecule has 2 heterocycles. The van der Waals surface area contributed by atoms with Gasteiger partial charge in [0.15, 0.2) is 0 Å². The number of aliphatic hydroxyl groups is 1. The number of ether oxygens (including phenoxy) is 2. The maximum Gasteiger partial charge on any atom is 0.225 e. The Morgan fingerprint density at radius 2 is 1.60 bits per heavy atom. The van der Waals surface area contributed by atoms with Crippen molar-refractivity contribution >= 4 is 34.8 Å². The number of halogens is 2. The van der Waals surface area contributed by atoms with Crippen molar-refractivity contribution in [1.82, 2.24) is 10.2 Å². The van der Waals surface area contributed by atoms with E-state index in [-0.39, 0.29) is 24.0 Å². The topological polar surface area (TPSA) is 74.3 Å². The monoisotopic (exact) mass is 615 g/mol. The molecule has 42 heavy (non-hydrogen) atoms. The highest BCUT2D eigenvalue weighted by Gasteiger charge is 2.34. The first-order chi connectivity index (χ1) is 20.4. The zero-order valence-electron chi connectivity index (χ0n) is 24.3. The first-order valence-corrected chi connectivity index (χ1v) is 16.6. The second-order valence-corrected chi connectivity index (χ2v) is 13.3. The highest BCUT2D eigenvalue weighted by atomic mass is 35.5. The van der Waals surface area contributed by atoms with Gasteiger partial charge in [0.25, 0.3) is 0 Å². The van der Waals surface area contributed by atoms with Gasteiger partial charge >= 0.3 is 0 Å². The number of hydrogen-bond donors (Lipinski definition) is 2. The number of carbonyl (C=O) groups excluding carboxylic acids is 1. The molecule has 0 bridgehead atoms. The molecule has 228 valence electrons. The summed E-state index contributed by atoms with van der Waals surface area (Å²) in [5.41, 5.74) is 1.71. The van der Waals surface area contributed by atoms with E-state index in [9.17, 15) is 9.90 Å². The van der Waals surface area contributed by atoms with Crippen LogP contribution in [0.3, 0.4) is 0 Å². The van der Waals surface area contributed by atoms with E-state index in [1.165, 1.54) is 19.3 Å². The average Bonchev–Trinajstić information content (AvgIpc) is 3.42. The average molecular weight is 617 g/mol. The molecule has 9 heteroatoms. The molecule has 2 saturated carbocycles. The molecule has 0 radical (unpaired) electrons. The van der Waals surface area contributed by atoms with Crippen LogP contribution in [-0.4, -0.2) is 66.9 Å². The second-order valence-electron chi connectivity index (χ2n) is 12.5. The summed E-state index contributed by atoms with van der Waals surface area (Å²) in [6.45, 7) is 3.95. The zero-order valence-corrected chi connectivity index (χ0v) is 25.8. The molecule has 7 nitrogen and oxygen atoms in total. The molecule has 6 rings (SSSR count). The Morgan fingerprint density at radius 3 is 2.33 bits per heavy atom. The standard InChI is InChI=1S/C33H43Cl2N3O4/c34-27-12-9-24(19-31(27)42-25-6-2-1-3-7-25)38-17-14-23(20-38)33(40)36-29(21-37-15-4-5-16-37)32(39)22-8-13-30(28(35)18-22)41-26-10-11-26/h8-9,12-13,18-19,23,25-26,29,32,39H,1-7,10-11,14-17,20-21H2,(H,36,40). The molecule has 2 N–H and O–H groups in total. The Kier molecular flexibility index (Phi) is 9.69. The number of rotatable bonds is 11. The van der Waals surface area contributed by atoms with Crippen molar-refractivity contribution in [2.24, 2.45) is 5.92 Å². The van der Waals surface area contributed by atoms with Crippen LogP contribution in [-0.2, 0) is 4.79 Å². The largest absolute Gasteiger partial charge is 0.489 e. The summed E-state index contributed by atoms with van der Waals surface area (Å²) in [6.07, 6.45) is 10.5.